The van der Waals surface area contributed by atoms with E-state index in [-0.39, 0.29) is 4.90 Å². The van der Waals surface area contributed by atoms with Gasteiger partial charge in [0.15, 0.2) is 0 Å². The van der Waals surface area contributed by atoms with Gasteiger partial charge in [0, 0.05) is 32.7 Å². The van der Waals surface area contributed by atoms with E-state index in [0.29, 0.717) is 31.9 Å². The summed E-state index contributed by atoms with van der Waals surface area (Å²) < 4.78 is 39.2. The topological polar surface area (TPSA) is 59.1 Å². The first-order chi connectivity index (χ1) is 13.3. The Hall–Kier alpha value is -1.61. The number of nitrogens with zero attached hydrogens (tertiary/aromatic N) is 2. The molecule has 1 saturated heterocycles. The molecule has 0 radical (unpaired) electrons. The van der Waals surface area contributed by atoms with Gasteiger partial charge in [-0.05, 0) is 58.2 Å². The second-order valence-electron chi connectivity index (χ2n) is 6.80. The Kier molecular flexibility index (Phi) is 6.65. The number of aryl methyl sites for hydroxylation is 1. The van der Waals surface area contributed by atoms with Crippen molar-refractivity contribution in [2.45, 2.75) is 18.4 Å². The summed E-state index contributed by atoms with van der Waals surface area (Å²) in [5, 5.41) is 0. The van der Waals surface area contributed by atoms with Gasteiger partial charge in [-0.15, -0.1) is 0 Å². The molecule has 0 aliphatic carbocycles. The zero-order chi connectivity index (χ0) is 20.3. The van der Waals surface area contributed by atoms with Crippen LogP contribution in [-0.4, -0.2) is 58.0 Å². The molecule has 0 spiro atoms. The molecule has 6 nitrogen and oxygen atoms in total. The van der Waals surface area contributed by atoms with Gasteiger partial charge in [0.2, 0.25) is 10.0 Å². The number of rotatable bonds is 6. The molecule has 0 bridgehead atoms. The Balaban J connectivity index is 1.68. The highest BCUT2D eigenvalue weighted by molar-refractivity contribution is 9.10. The van der Waals surface area contributed by atoms with Crippen molar-refractivity contribution in [3.63, 3.8) is 0 Å². The summed E-state index contributed by atoms with van der Waals surface area (Å²) in [5.74, 6) is 1.18. The van der Waals surface area contributed by atoms with Crippen LogP contribution < -0.4 is 9.47 Å². The zero-order valence-electron chi connectivity index (χ0n) is 16.3. The summed E-state index contributed by atoms with van der Waals surface area (Å²) in [7, 11) is -0.445. The van der Waals surface area contributed by atoms with E-state index in [2.05, 4.69) is 20.8 Å². The average molecular weight is 469 g/mol. The number of piperazine rings is 1. The summed E-state index contributed by atoms with van der Waals surface area (Å²) in [6.07, 6.45) is 0. The normalized spacial score (nSPS) is 16.1. The molecule has 8 heteroatoms. The van der Waals surface area contributed by atoms with Gasteiger partial charge >= 0.3 is 0 Å². The van der Waals surface area contributed by atoms with Gasteiger partial charge in [0.1, 0.15) is 16.4 Å². The molecule has 1 aliphatic rings. The van der Waals surface area contributed by atoms with Crippen LogP contribution in [0.3, 0.4) is 0 Å². The van der Waals surface area contributed by atoms with Crippen LogP contribution in [0, 0.1) is 6.92 Å². The molecule has 28 heavy (non-hydrogen) atoms. The Morgan fingerprint density at radius 2 is 1.61 bits per heavy atom. The van der Waals surface area contributed by atoms with Gasteiger partial charge in [0.05, 0.1) is 18.7 Å². The molecular formula is C20H25BrN2O4S. The summed E-state index contributed by atoms with van der Waals surface area (Å²) >= 11 is 3.51. The second-order valence-corrected chi connectivity index (χ2v) is 9.56. The molecule has 3 rings (SSSR count). The second kappa shape index (κ2) is 8.82. The van der Waals surface area contributed by atoms with Crippen molar-refractivity contribution in [2.75, 3.05) is 40.4 Å². The monoisotopic (exact) mass is 468 g/mol. The van der Waals surface area contributed by atoms with E-state index in [1.807, 2.05) is 31.2 Å². The molecule has 0 N–H and O–H groups in total. The lowest BCUT2D eigenvalue weighted by Crippen LogP contribution is -2.48. The molecule has 0 atom stereocenters. The van der Waals surface area contributed by atoms with Crippen LogP contribution in [0.5, 0.6) is 11.5 Å². The Bertz CT molecular complexity index is 941. The Labute approximate surface area is 175 Å². The van der Waals surface area contributed by atoms with Crippen molar-refractivity contribution in [2.24, 2.45) is 0 Å². The van der Waals surface area contributed by atoms with Crippen LogP contribution in [0.2, 0.25) is 0 Å². The van der Waals surface area contributed by atoms with Crippen LogP contribution in [0.1, 0.15) is 11.1 Å². The minimum absolute atomic E-state index is 0.238. The first-order valence-corrected chi connectivity index (χ1v) is 11.3. The van der Waals surface area contributed by atoms with Gasteiger partial charge < -0.3 is 9.47 Å². The summed E-state index contributed by atoms with van der Waals surface area (Å²) in [6, 6.07) is 11.2. The number of benzene rings is 2. The van der Waals surface area contributed by atoms with Crippen LogP contribution in [0.25, 0.3) is 0 Å². The van der Waals surface area contributed by atoms with Crippen LogP contribution >= 0.6 is 15.9 Å². The highest BCUT2D eigenvalue weighted by Gasteiger charge is 2.31. The molecule has 0 unspecified atom stereocenters. The average Bonchev–Trinajstić information content (AvgIpc) is 2.68. The minimum atomic E-state index is -3.58. The Morgan fingerprint density at radius 3 is 2.21 bits per heavy atom. The fourth-order valence-corrected chi connectivity index (χ4v) is 5.57. The van der Waals surface area contributed by atoms with Crippen molar-refractivity contribution in [3.8, 4) is 11.5 Å². The maximum atomic E-state index is 13.1. The first kappa shape index (κ1) is 21.1. The predicted octanol–water partition coefficient (Wildman–Crippen LogP) is 3.28. The smallest absolute Gasteiger partial charge is 0.246 e. The van der Waals surface area contributed by atoms with Crippen LogP contribution in [-0.2, 0) is 16.6 Å². The van der Waals surface area contributed by atoms with Gasteiger partial charge in [-0.2, -0.15) is 4.31 Å². The van der Waals surface area contributed by atoms with E-state index in [1.165, 1.54) is 7.11 Å². The van der Waals surface area contributed by atoms with Crippen molar-refractivity contribution in [1.29, 1.82) is 0 Å². The predicted molar refractivity (Wildman–Crippen MR) is 112 cm³/mol. The molecule has 0 saturated carbocycles. The summed E-state index contributed by atoms with van der Waals surface area (Å²) in [6.45, 7) is 4.91. The number of hydrogen-bond acceptors (Lipinski definition) is 5. The van der Waals surface area contributed by atoms with Gasteiger partial charge in [-0.25, -0.2) is 8.42 Å². The van der Waals surface area contributed by atoms with Gasteiger partial charge in [-0.3, -0.25) is 4.90 Å². The minimum Gasteiger partial charge on any atom is -0.496 e. The summed E-state index contributed by atoms with van der Waals surface area (Å²) in [4.78, 5) is 2.50. The number of hydrogen-bond donors (Lipinski definition) is 0. The van der Waals surface area contributed by atoms with E-state index in [1.54, 1.807) is 23.5 Å². The summed E-state index contributed by atoms with van der Waals surface area (Å²) in [5.41, 5.74) is 2.05. The highest BCUT2D eigenvalue weighted by atomic mass is 79.9. The Morgan fingerprint density at radius 1 is 0.964 bits per heavy atom. The van der Waals surface area contributed by atoms with Crippen molar-refractivity contribution in [1.82, 2.24) is 9.21 Å². The number of methoxy groups -OCH3 is 2. The lowest BCUT2D eigenvalue weighted by atomic mass is 10.2. The van der Waals surface area contributed by atoms with E-state index >= 15 is 0 Å². The lowest BCUT2D eigenvalue weighted by molar-refractivity contribution is 0.181. The zero-order valence-corrected chi connectivity index (χ0v) is 18.7. The number of sulfonamides is 1. The highest BCUT2D eigenvalue weighted by Crippen LogP contribution is 2.29. The SMILES string of the molecule is COc1ccc(CN2CCN(S(=O)(=O)c3cc(C)ccc3OC)CC2)cc1Br. The number of ether oxygens (including phenoxy) is 2. The molecule has 2 aromatic rings. The lowest BCUT2D eigenvalue weighted by Gasteiger charge is -2.34. The van der Waals surface area contributed by atoms with Crippen molar-refractivity contribution >= 4 is 26.0 Å². The third kappa shape index (κ3) is 4.51. The molecule has 1 heterocycles. The number of halogens is 1. The molecule has 0 aromatic heterocycles. The third-order valence-electron chi connectivity index (χ3n) is 4.89. The molecule has 2 aromatic carbocycles. The fourth-order valence-electron chi connectivity index (χ4n) is 3.32. The fraction of sp³-hybridized carbons (Fsp3) is 0.400. The third-order valence-corrected chi connectivity index (χ3v) is 7.43. The first-order valence-electron chi connectivity index (χ1n) is 9.04. The largest absolute Gasteiger partial charge is 0.496 e. The molecule has 1 fully saturated rings. The molecule has 1 aliphatic heterocycles. The van der Waals surface area contributed by atoms with Crippen molar-refractivity contribution in [3.05, 3.63) is 52.0 Å². The van der Waals surface area contributed by atoms with E-state index in [4.69, 9.17) is 9.47 Å². The molecule has 0 amide bonds. The van der Waals surface area contributed by atoms with Crippen LogP contribution in [0.15, 0.2) is 45.8 Å². The maximum Gasteiger partial charge on any atom is 0.246 e. The van der Waals surface area contributed by atoms with Gasteiger partial charge in [-0.1, -0.05) is 12.1 Å². The maximum absolute atomic E-state index is 13.1. The molecular weight excluding hydrogens is 444 g/mol. The molecule has 152 valence electrons. The van der Waals surface area contributed by atoms with E-state index < -0.39 is 10.0 Å². The van der Waals surface area contributed by atoms with Crippen molar-refractivity contribution < 1.29 is 17.9 Å². The van der Waals surface area contributed by atoms with E-state index in [9.17, 15) is 8.42 Å². The van der Waals surface area contributed by atoms with Crippen LogP contribution in [0.4, 0.5) is 0 Å². The quantitative estimate of drug-likeness (QED) is 0.650. The van der Waals surface area contributed by atoms with E-state index in [0.717, 1.165) is 27.9 Å². The van der Waals surface area contributed by atoms with Gasteiger partial charge in [0.25, 0.3) is 0 Å². The standard InChI is InChI=1S/C20H25BrN2O4S/c1-15-4-6-19(27-3)20(12-15)28(24,25)23-10-8-22(9-11-23)14-16-5-7-18(26-2)17(21)13-16/h4-7,12-13H,8-11,14H2,1-3H3.